The van der Waals surface area contributed by atoms with Crippen LogP contribution in [0.15, 0.2) is 77.7 Å². The van der Waals surface area contributed by atoms with Crippen LogP contribution in [0.25, 0.3) is 0 Å². The standard InChI is InChI=1S/C25H27N3O5S/c1-18-17-19(13-14-22(18)28-34(31,32)20-9-4-3-5-10-20)24(29)27-23-12-7-6-11-21(23)25(30)26-15-8-16-33-2/h3-7,9-14,17,28H,8,15-16H2,1-2H3,(H,26,30)(H,27,29). The van der Waals surface area contributed by atoms with Gasteiger partial charge in [-0.25, -0.2) is 8.42 Å². The van der Waals surface area contributed by atoms with Crippen LogP contribution in [-0.2, 0) is 14.8 Å². The van der Waals surface area contributed by atoms with Gasteiger partial charge in [-0.3, -0.25) is 14.3 Å². The van der Waals surface area contributed by atoms with Crippen molar-refractivity contribution in [2.24, 2.45) is 0 Å². The second-order valence-corrected chi connectivity index (χ2v) is 9.23. The number of aryl methyl sites for hydroxylation is 1. The maximum absolute atomic E-state index is 12.9. The number of nitrogens with one attached hydrogen (secondary N) is 3. The van der Waals surface area contributed by atoms with Crippen LogP contribution in [0.5, 0.6) is 0 Å². The Morgan fingerprint density at radius 1 is 0.882 bits per heavy atom. The molecule has 34 heavy (non-hydrogen) atoms. The summed E-state index contributed by atoms with van der Waals surface area (Å²) in [6.07, 6.45) is 0.677. The van der Waals surface area contributed by atoms with Crippen LogP contribution >= 0.6 is 0 Å². The predicted octanol–water partition coefficient (Wildman–Crippen LogP) is 3.81. The van der Waals surface area contributed by atoms with Crippen molar-refractivity contribution in [1.82, 2.24) is 5.32 Å². The maximum Gasteiger partial charge on any atom is 0.261 e. The predicted molar refractivity (Wildman–Crippen MR) is 132 cm³/mol. The van der Waals surface area contributed by atoms with Gasteiger partial charge < -0.3 is 15.4 Å². The van der Waals surface area contributed by atoms with Gasteiger partial charge in [0.2, 0.25) is 0 Å². The number of rotatable bonds is 10. The van der Waals surface area contributed by atoms with Crippen LogP contribution in [0.1, 0.15) is 32.7 Å². The van der Waals surface area contributed by atoms with E-state index in [1.807, 2.05) is 0 Å². The molecule has 0 fully saturated rings. The summed E-state index contributed by atoms with van der Waals surface area (Å²) in [5.74, 6) is -0.714. The molecule has 0 unspecified atom stereocenters. The van der Waals surface area contributed by atoms with E-state index in [9.17, 15) is 18.0 Å². The van der Waals surface area contributed by atoms with Gasteiger partial charge in [0.05, 0.1) is 21.8 Å². The van der Waals surface area contributed by atoms with E-state index < -0.39 is 15.9 Å². The zero-order valence-corrected chi connectivity index (χ0v) is 19.8. The van der Waals surface area contributed by atoms with E-state index >= 15 is 0 Å². The van der Waals surface area contributed by atoms with E-state index in [4.69, 9.17) is 4.74 Å². The fourth-order valence-electron chi connectivity index (χ4n) is 3.22. The SMILES string of the molecule is COCCCNC(=O)c1ccccc1NC(=O)c1ccc(NS(=O)(=O)c2ccccc2)c(C)c1. The quantitative estimate of drug-likeness (QED) is 0.381. The average molecular weight is 482 g/mol. The van der Waals surface area contributed by atoms with Crippen molar-refractivity contribution in [3.05, 3.63) is 89.5 Å². The normalized spacial score (nSPS) is 11.0. The number of amides is 2. The summed E-state index contributed by atoms with van der Waals surface area (Å²) in [6.45, 7) is 2.70. The molecule has 0 aliphatic carbocycles. The number of para-hydroxylation sites is 1. The zero-order valence-electron chi connectivity index (χ0n) is 19.0. The molecule has 0 spiro atoms. The lowest BCUT2D eigenvalue weighted by atomic mass is 10.1. The Kier molecular flexibility index (Phi) is 8.39. The Hall–Kier alpha value is -3.69. The fourth-order valence-corrected chi connectivity index (χ4v) is 4.37. The van der Waals surface area contributed by atoms with Gasteiger partial charge in [-0.05, 0) is 61.4 Å². The summed E-state index contributed by atoms with van der Waals surface area (Å²) >= 11 is 0. The van der Waals surface area contributed by atoms with Gasteiger partial charge in [0.15, 0.2) is 0 Å². The summed E-state index contributed by atoms with van der Waals surface area (Å²) in [5, 5.41) is 5.57. The molecule has 0 aliphatic rings. The van der Waals surface area contributed by atoms with Crippen LogP contribution in [0.4, 0.5) is 11.4 Å². The largest absolute Gasteiger partial charge is 0.385 e. The summed E-state index contributed by atoms with van der Waals surface area (Å²) in [6, 6.07) is 19.4. The molecule has 3 aromatic carbocycles. The molecule has 0 aliphatic heterocycles. The molecule has 178 valence electrons. The topological polar surface area (TPSA) is 114 Å². The number of ether oxygens (including phenoxy) is 1. The number of hydrogen-bond donors (Lipinski definition) is 3. The third kappa shape index (κ3) is 6.43. The molecule has 3 aromatic rings. The van der Waals surface area contributed by atoms with Crippen LogP contribution < -0.4 is 15.4 Å². The van der Waals surface area contributed by atoms with Gasteiger partial charge in [0.1, 0.15) is 0 Å². The lowest BCUT2D eigenvalue weighted by Crippen LogP contribution is -2.26. The third-order valence-electron chi connectivity index (χ3n) is 5.02. The van der Waals surface area contributed by atoms with Crippen LogP contribution in [-0.4, -0.2) is 40.5 Å². The minimum Gasteiger partial charge on any atom is -0.385 e. The molecule has 3 rings (SSSR count). The van der Waals surface area contributed by atoms with E-state index in [-0.39, 0.29) is 10.8 Å². The highest BCUT2D eigenvalue weighted by Crippen LogP contribution is 2.22. The highest BCUT2D eigenvalue weighted by Gasteiger charge is 2.17. The molecule has 0 aromatic heterocycles. The first-order valence-electron chi connectivity index (χ1n) is 10.7. The van der Waals surface area contributed by atoms with Crippen LogP contribution in [0.2, 0.25) is 0 Å². The van der Waals surface area contributed by atoms with E-state index in [0.29, 0.717) is 47.6 Å². The first kappa shape index (κ1) is 24.9. The van der Waals surface area contributed by atoms with Gasteiger partial charge in [-0.1, -0.05) is 30.3 Å². The maximum atomic E-state index is 12.9. The van der Waals surface area contributed by atoms with E-state index in [0.717, 1.165) is 0 Å². The Balaban J connectivity index is 1.72. The summed E-state index contributed by atoms with van der Waals surface area (Å²) < 4.78 is 32.7. The molecule has 0 bridgehead atoms. The Morgan fingerprint density at radius 3 is 2.29 bits per heavy atom. The highest BCUT2D eigenvalue weighted by atomic mass is 32.2. The molecule has 8 nitrogen and oxygen atoms in total. The molecule has 0 saturated heterocycles. The van der Waals surface area contributed by atoms with Gasteiger partial charge in [-0.2, -0.15) is 0 Å². The van der Waals surface area contributed by atoms with Crippen LogP contribution in [0.3, 0.4) is 0 Å². The Bertz CT molecular complexity index is 1260. The highest BCUT2D eigenvalue weighted by molar-refractivity contribution is 7.92. The minimum absolute atomic E-state index is 0.147. The van der Waals surface area contributed by atoms with Crippen LogP contribution in [0, 0.1) is 6.92 Å². The molecular formula is C25H27N3O5S. The molecular weight excluding hydrogens is 454 g/mol. The van der Waals surface area contributed by atoms with Crippen molar-refractivity contribution in [3.63, 3.8) is 0 Å². The van der Waals surface area contributed by atoms with E-state index in [1.165, 1.54) is 18.2 Å². The molecule has 0 heterocycles. The van der Waals surface area contributed by atoms with Gasteiger partial charge in [0, 0.05) is 25.8 Å². The summed E-state index contributed by atoms with van der Waals surface area (Å²) in [4.78, 5) is 25.5. The van der Waals surface area contributed by atoms with Crippen molar-refractivity contribution in [1.29, 1.82) is 0 Å². The van der Waals surface area contributed by atoms with E-state index in [2.05, 4.69) is 15.4 Å². The summed E-state index contributed by atoms with van der Waals surface area (Å²) in [5.41, 5.74) is 2.00. The summed E-state index contributed by atoms with van der Waals surface area (Å²) in [7, 11) is -2.15. The number of sulfonamides is 1. The number of methoxy groups -OCH3 is 1. The average Bonchev–Trinajstić information content (AvgIpc) is 2.83. The molecule has 0 saturated carbocycles. The first-order valence-corrected chi connectivity index (χ1v) is 12.2. The number of carbonyl (C=O) groups is 2. The van der Waals surface area contributed by atoms with Crippen molar-refractivity contribution in [2.45, 2.75) is 18.2 Å². The lowest BCUT2D eigenvalue weighted by Gasteiger charge is -2.14. The first-order chi connectivity index (χ1) is 16.3. The van der Waals surface area contributed by atoms with Crippen molar-refractivity contribution in [2.75, 3.05) is 30.3 Å². The van der Waals surface area contributed by atoms with Gasteiger partial charge in [-0.15, -0.1) is 0 Å². The van der Waals surface area contributed by atoms with Gasteiger partial charge in [0.25, 0.3) is 21.8 Å². The zero-order chi connectivity index (χ0) is 24.6. The number of hydrogen-bond acceptors (Lipinski definition) is 5. The van der Waals surface area contributed by atoms with Crippen molar-refractivity contribution < 1.29 is 22.7 Å². The minimum atomic E-state index is -3.75. The Morgan fingerprint density at radius 2 is 1.59 bits per heavy atom. The molecule has 9 heteroatoms. The smallest absolute Gasteiger partial charge is 0.261 e. The molecule has 0 atom stereocenters. The second-order valence-electron chi connectivity index (χ2n) is 7.55. The monoisotopic (exact) mass is 481 g/mol. The molecule has 2 amide bonds. The second kappa shape index (κ2) is 11.4. The number of anilines is 2. The molecule has 3 N–H and O–H groups in total. The third-order valence-corrected chi connectivity index (χ3v) is 6.40. The van der Waals surface area contributed by atoms with Crippen molar-refractivity contribution >= 4 is 33.2 Å². The fraction of sp³-hybridized carbons (Fsp3) is 0.200. The molecule has 0 radical (unpaired) electrons. The van der Waals surface area contributed by atoms with Gasteiger partial charge >= 0.3 is 0 Å². The Labute approximate surface area is 199 Å². The number of carbonyl (C=O) groups excluding carboxylic acids is 2. The lowest BCUT2D eigenvalue weighted by molar-refractivity contribution is 0.0949. The van der Waals surface area contributed by atoms with Crippen molar-refractivity contribution in [3.8, 4) is 0 Å². The van der Waals surface area contributed by atoms with E-state index in [1.54, 1.807) is 68.6 Å². The number of benzene rings is 3.